The highest BCUT2D eigenvalue weighted by molar-refractivity contribution is 6.28. The minimum Gasteiger partial charge on any atom is -0.345 e. The molecule has 0 bridgehead atoms. The molecule has 4 aliphatic rings. The first-order chi connectivity index (χ1) is 31.1. The third-order valence-electron chi connectivity index (χ3n) is 12.6. The molecule has 0 spiro atoms. The summed E-state index contributed by atoms with van der Waals surface area (Å²) in [5, 5.41) is 0.233. The molecule has 2 amide bonds. The zero-order valence-electron chi connectivity index (χ0n) is 35.7. The third-order valence-corrected chi connectivity index (χ3v) is 12.8. The van der Waals surface area contributed by atoms with Gasteiger partial charge in [0.1, 0.15) is 34.1 Å². The van der Waals surface area contributed by atoms with Crippen molar-refractivity contribution in [1.82, 2.24) is 39.5 Å². The molecule has 10 rings (SSSR count). The lowest BCUT2D eigenvalue weighted by molar-refractivity contribution is -0.125. The van der Waals surface area contributed by atoms with Gasteiger partial charge in [-0.15, -0.1) is 0 Å². The van der Waals surface area contributed by atoms with E-state index in [1.54, 1.807) is 42.5 Å². The van der Waals surface area contributed by atoms with Gasteiger partial charge in [-0.05, 0) is 87.2 Å². The highest BCUT2D eigenvalue weighted by Gasteiger charge is 2.52. The van der Waals surface area contributed by atoms with Crippen LogP contribution in [0.1, 0.15) is 65.2 Å². The highest BCUT2D eigenvalue weighted by atomic mass is 35.5. The lowest BCUT2D eigenvalue weighted by Gasteiger charge is -2.51. The Kier molecular flexibility index (Phi) is 12.3. The predicted molar refractivity (Wildman–Crippen MR) is 231 cm³/mol. The molecule has 65 heavy (non-hydrogen) atoms. The molecule has 6 aromatic rings. The first kappa shape index (κ1) is 45.0. The van der Waals surface area contributed by atoms with Crippen LogP contribution in [0.4, 0.5) is 49.4 Å². The number of imidazole rings is 2. The number of fused-ring (bicyclic) bond motifs is 6. The van der Waals surface area contributed by atoms with E-state index in [1.165, 1.54) is 23.2 Å². The number of hydrogen-bond acceptors (Lipinski definition) is 10. The molecule has 14 nitrogen and oxygen atoms in total. The van der Waals surface area contributed by atoms with Crippen LogP contribution < -0.4 is 19.6 Å². The van der Waals surface area contributed by atoms with Crippen molar-refractivity contribution in [3.05, 3.63) is 102 Å². The van der Waals surface area contributed by atoms with Crippen LogP contribution in [-0.2, 0) is 9.59 Å². The number of carbonyl (C=O) groups is 2. The number of rotatable bonds is 5. The Morgan fingerprint density at radius 1 is 0.662 bits per heavy atom. The highest BCUT2D eigenvalue weighted by Crippen LogP contribution is 2.46. The minimum absolute atomic E-state index is 0.0316. The number of carbonyl (C=O) groups excluding carboxylic acids is 2. The molecular weight excluding hydrogens is 878 g/mol. The summed E-state index contributed by atoms with van der Waals surface area (Å²) in [5.74, 6) is -5.76. The molecule has 0 radical (unpaired) electrons. The van der Waals surface area contributed by atoms with Crippen LogP contribution in [0.25, 0.3) is 28.7 Å². The number of amides is 2. The van der Waals surface area contributed by atoms with Crippen LogP contribution in [0.5, 0.6) is 0 Å². The predicted octanol–water partition coefficient (Wildman–Crippen LogP) is 8.60. The van der Waals surface area contributed by atoms with Crippen molar-refractivity contribution in [2.24, 2.45) is 0 Å². The number of anilines is 4. The van der Waals surface area contributed by atoms with Gasteiger partial charge in [-0.1, -0.05) is 13.8 Å². The van der Waals surface area contributed by atoms with Gasteiger partial charge in [0.25, 0.3) is 11.8 Å². The molecule has 2 atom stereocenters. The van der Waals surface area contributed by atoms with E-state index < -0.39 is 46.0 Å². The summed E-state index contributed by atoms with van der Waals surface area (Å²) in [7, 11) is 3.52. The summed E-state index contributed by atoms with van der Waals surface area (Å²) in [5.41, 5.74) is 0.488. The SMILES string of the molecule is CCC12CCCCN1c1nc(-n3ccnc3-c3cc(F)c(F)c(F)c3)ncc1N(C)C2=O.CCC12CCCCN1c1nc(Cl)ncc1N(C)C2=O.Fc1cc(-c2ncc[nH]2)cc(F)c1F. The Morgan fingerprint density at radius 2 is 1.17 bits per heavy atom. The molecule has 0 aliphatic carbocycles. The summed E-state index contributed by atoms with van der Waals surface area (Å²) in [6, 6.07) is 3.54. The van der Waals surface area contributed by atoms with Crippen molar-refractivity contribution in [3.63, 3.8) is 0 Å². The molecule has 8 heterocycles. The molecule has 21 heteroatoms. The Morgan fingerprint density at radius 3 is 1.68 bits per heavy atom. The van der Waals surface area contributed by atoms with E-state index in [-0.39, 0.29) is 40.0 Å². The van der Waals surface area contributed by atoms with E-state index in [0.29, 0.717) is 30.3 Å². The average Bonchev–Trinajstić information content (AvgIpc) is 4.05. The van der Waals surface area contributed by atoms with Crippen molar-refractivity contribution in [2.75, 3.05) is 46.8 Å². The molecular formula is C44H43ClF6N12O2. The van der Waals surface area contributed by atoms with E-state index in [4.69, 9.17) is 16.6 Å². The number of nitrogens with one attached hydrogen (secondary N) is 1. The van der Waals surface area contributed by atoms with Crippen molar-refractivity contribution in [2.45, 2.75) is 76.3 Å². The fraction of sp³-hybridized carbons (Fsp3) is 0.364. The van der Waals surface area contributed by atoms with Crippen molar-refractivity contribution >= 4 is 46.4 Å². The molecule has 340 valence electrons. The monoisotopic (exact) mass is 920 g/mol. The van der Waals surface area contributed by atoms with Crippen LogP contribution in [0.15, 0.2) is 61.4 Å². The molecule has 2 fully saturated rings. The second-order valence-electron chi connectivity index (χ2n) is 16.0. The van der Waals surface area contributed by atoms with Crippen LogP contribution >= 0.6 is 11.6 Å². The molecule has 2 unspecified atom stereocenters. The smallest absolute Gasteiger partial charge is 0.252 e. The number of hydrogen-bond donors (Lipinski definition) is 1. The van der Waals surface area contributed by atoms with E-state index >= 15 is 0 Å². The summed E-state index contributed by atoms with van der Waals surface area (Å²) in [6.45, 7) is 5.62. The quantitative estimate of drug-likeness (QED) is 0.101. The largest absolute Gasteiger partial charge is 0.345 e. The second-order valence-corrected chi connectivity index (χ2v) is 16.3. The maximum Gasteiger partial charge on any atom is 0.252 e. The maximum absolute atomic E-state index is 13.8. The Labute approximate surface area is 374 Å². The van der Waals surface area contributed by atoms with Gasteiger partial charge < -0.3 is 24.6 Å². The molecule has 1 N–H and O–H groups in total. The number of halogens is 7. The zero-order chi connectivity index (χ0) is 46.4. The van der Waals surface area contributed by atoms with Crippen LogP contribution in [0.2, 0.25) is 5.28 Å². The summed E-state index contributed by atoms with van der Waals surface area (Å²) >= 11 is 5.93. The lowest BCUT2D eigenvalue weighted by atomic mass is 9.81. The number of nitrogens with zero attached hydrogens (tertiary/aromatic N) is 11. The fourth-order valence-corrected chi connectivity index (χ4v) is 9.31. The topological polar surface area (TPSA) is 145 Å². The average molecular weight is 921 g/mol. The number of benzene rings is 2. The Hall–Kier alpha value is -6.57. The normalized spacial score (nSPS) is 19.9. The van der Waals surface area contributed by atoms with Crippen molar-refractivity contribution in [1.29, 1.82) is 0 Å². The van der Waals surface area contributed by atoms with Crippen LogP contribution in [-0.4, -0.2) is 89.5 Å². The van der Waals surface area contributed by atoms with Crippen LogP contribution in [0.3, 0.4) is 0 Å². The zero-order valence-corrected chi connectivity index (χ0v) is 36.5. The fourth-order valence-electron chi connectivity index (χ4n) is 9.18. The minimum atomic E-state index is -1.54. The first-order valence-corrected chi connectivity index (χ1v) is 21.4. The van der Waals surface area contributed by atoms with Gasteiger partial charge >= 0.3 is 0 Å². The van der Waals surface area contributed by atoms with Gasteiger partial charge in [0, 0.05) is 63.1 Å². The van der Waals surface area contributed by atoms with Gasteiger partial charge in [0.05, 0.1) is 12.4 Å². The number of likely N-dealkylation sites (N-methyl/N-ethyl adjacent to an activating group) is 2. The molecule has 2 saturated heterocycles. The van der Waals surface area contributed by atoms with Crippen molar-refractivity contribution < 1.29 is 35.9 Å². The Bertz CT molecular complexity index is 2730. The second kappa shape index (κ2) is 17.8. The third kappa shape index (κ3) is 7.80. The van der Waals surface area contributed by atoms with Crippen LogP contribution in [0, 0.1) is 34.9 Å². The van der Waals surface area contributed by atoms with Gasteiger partial charge in [0.15, 0.2) is 46.5 Å². The van der Waals surface area contributed by atoms with E-state index in [2.05, 4.69) is 46.6 Å². The molecule has 2 aromatic carbocycles. The van der Waals surface area contributed by atoms with Gasteiger partial charge in [-0.2, -0.15) is 9.97 Å². The van der Waals surface area contributed by atoms with E-state index in [0.717, 1.165) is 87.3 Å². The van der Waals surface area contributed by atoms with Gasteiger partial charge in [-0.3, -0.25) is 14.2 Å². The lowest BCUT2D eigenvalue weighted by Crippen LogP contribution is -2.64. The maximum atomic E-state index is 13.8. The summed E-state index contributed by atoms with van der Waals surface area (Å²) in [6.07, 6.45) is 16.3. The first-order valence-electron chi connectivity index (χ1n) is 21.0. The Balaban J connectivity index is 0.000000147. The molecule has 0 saturated carbocycles. The summed E-state index contributed by atoms with van der Waals surface area (Å²) < 4.78 is 80.7. The number of aromatic nitrogens is 8. The number of piperidine rings is 2. The van der Waals surface area contributed by atoms with Gasteiger partial charge in [0.2, 0.25) is 11.2 Å². The number of H-pyrrole nitrogens is 1. The number of aromatic amines is 1. The van der Waals surface area contributed by atoms with Gasteiger partial charge in [-0.25, -0.2) is 46.3 Å². The van der Waals surface area contributed by atoms with Crippen molar-refractivity contribution in [3.8, 4) is 28.7 Å². The summed E-state index contributed by atoms with van der Waals surface area (Å²) in [4.78, 5) is 61.6. The van der Waals surface area contributed by atoms with E-state index in [9.17, 15) is 35.9 Å². The molecule has 4 aliphatic heterocycles. The standard InChI is InChI=1S/C22H21F3N6O.C13H17ClN4O.C9H5F3N2/c1-3-22-6-4-5-8-31(22)19-16(29(2)20(22)32)12-27-21(28-19)30-9-7-26-18(30)13-10-14(23)17(25)15(24)11-13;1-3-13-6-4-5-7-18(13)10-9(17(2)11(13)19)8-15-12(14)16-10;10-6-3-5(4-7(11)8(6)12)9-13-1-2-14-9/h7,9-12H,3-6,8H2,1-2H3;8H,3-7H2,1-2H3;1-4H,(H,13,14). The van der Waals surface area contributed by atoms with E-state index in [1.807, 2.05) is 6.92 Å². The molecule has 4 aromatic heterocycles.